The van der Waals surface area contributed by atoms with E-state index in [9.17, 15) is 13.2 Å². The van der Waals surface area contributed by atoms with Gasteiger partial charge in [0.2, 0.25) is 15.9 Å². The van der Waals surface area contributed by atoms with Gasteiger partial charge in [0.25, 0.3) is 0 Å². The molecule has 2 aromatic carbocycles. The molecule has 9 nitrogen and oxygen atoms in total. The Morgan fingerprint density at radius 3 is 2.46 bits per heavy atom. The van der Waals surface area contributed by atoms with E-state index in [4.69, 9.17) is 0 Å². The number of thioether (sulfide) groups is 1. The van der Waals surface area contributed by atoms with Gasteiger partial charge in [0, 0.05) is 36.1 Å². The van der Waals surface area contributed by atoms with Crippen LogP contribution in [0.4, 0.5) is 5.13 Å². The van der Waals surface area contributed by atoms with Crippen molar-refractivity contribution in [2.75, 3.05) is 24.2 Å². The van der Waals surface area contributed by atoms with Crippen LogP contribution >= 0.6 is 23.1 Å². The number of nitrogens with one attached hydrogen (secondary N) is 1. The minimum Gasteiger partial charge on any atom is -0.302 e. The fourth-order valence-corrected chi connectivity index (χ4v) is 7.16. The van der Waals surface area contributed by atoms with Crippen molar-refractivity contribution in [2.24, 2.45) is 0 Å². The molecule has 1 N–H and O–H groups in total. The van der Waals surface area contributed by atoms with Crippen molar-refractivity contribution in [2.45, 2.75) is 36.4 Å². The van der Waals surface area contributed by atoms with E-state index in [-0.39, 0.29) is 16.6 Å². The summed E-state index contributed by atoms with van der Waals surface area (Å²) in [4.78, 5) is 17.3. The number of thiazole rings is 1. The van der Waals surface area contributed by atoms with Gasteiger partial charge in [0.05, 0.1) is 16.3 Å². The predicted octanol–water partition coefficient (Wildman–Crippen LogP) is 4.60. The summed E-state index contributed by atoms with van der Waals surface area (Å²) in [5.74, 6) is 0.608. The monoisotopic (exact) mass is 554 g/mol. The van der Waals surface area contributed by atoms with Crippen molar-refractivity contribution in [1.29, 1.82) is 0 Å². The molecule has 1 aliphatic rings. The normalized spacial score (nSPS) is 14.2. The number of benzene rings is 2. The van der Waals surface area contributed by atoms with Crippen LogP contribution in [0.2, 0.25) is 0 Å². The molecule has 0 radical (unpaired) electrons. The molecule has 1 amide bonds. The quantitative estimate of drug-likeness (QED) is 0.301. The van der Waals surface area contributed by atoms with Crippen molar-refractivity contribution in [1.82, 2.24) is 24.1 Å². The first kappa shape index (κ1) is 25.6. The van der Waals surface area contributed by atoms with Crippen molar-refractivity contribution < 1.29 is 13.2 Å². The highest BCUT2D eigenvalue weighted by atomic mass is 32.2. The Labute approximate surface area is 224 Å². The summed E-state index contributed by atoms with van der Waals surface area (Å²) in [5, 5.41) is 14.5. The Morgan fingerprint density at radius 2 is 1.76 bits per heavy atom. The van der Waals surface area contributed by atoms with Crippen LogP contribution in [0.3, 0.4) is 0 Å². The maximum Gasteiger partial charge on any atom is 0.243 e. The number of nitrogens with zero attached hydrogens (tertiary/aromatic N) is 5. The van der Waals surface area contributed by atoms with Gasteiger partial charge < -0.3 is 9.88 Å². The van der Waals surface area contributed by atoms with Crippen LogP contribution in [-0.2, 0) is 21.4 Å². The average Bonchev–Trinajstić information content (AvgIpc) is 3.69. The summed E-state index contributed by atoms with van der Waals surface area (Å²) >= 11 is 2.68. The molecular formula is C25H26N6O3S3. The fourth-order valence-electron chi connectivity index (χ4n) is 4.11. The lowest BCUT2D eigenvalue weighted by molar-refractivity contribution is -0.113. The van der Waals surface area contributed by atoms with Gasteiger partial charge in [-0.2, -0.15) is 4.31 Å². The highest BCUT2D eigenvalue weighted by Crippen LogP contribution is 2.28. The van der Waals surface area contributed by atoms with E-state index in [0.29, 0.717) is 35.7 Å². The van der Waals surface area contributed by atoms with E-state index in [2.05, 4.69) is 20.5 Å². The number of hydrogen-bond acceptors (Lipinski definition) is 8. The van der Waals surface area contributed by atoms with Crippen LogP contribution in [-0.4, -0.2) is 57.2 Å². The molecule has 2 aromatic heterocycles. The molecule has 192 valence electrons. The first-order valence-corrected chi connectivity index (χ1v) is 15.2. The standard InChI is InChI=1S/C25H26N6O3S3/c1-2-31-23(19-10-12-20(13-11-19)37(33,34)30-14-6-7-15-30)28-29-25(31)36-17-22(32)27-24-26-21(16-35-24)18-8-4-3-5-9-18/h3-5,8-13,16H,2,6-7,14-15,17H2,1H3,(H,26,27,32). The number of carbonyl (C=O) groups excluding carboxylic acids is 1. The molecule has 4 aromatic rings. The van der Waals surface area contributed by atoms with Crippen molar-refractivity contribution >= 4 is 44.2 Å². The number of carbonyl (C=O) groups is 1. The van der Waals surface area contributed by atoms with Crippen LogP contribution in [0.5, 0.6) is 0 Å². The van der Waals surface area contributed by atoms with Gasteiger partial charge in [0.1, 0.15) is 0 Å². The van der Waals surface area contributed by atoms with Crippen molar-refractivity contribution in [3.05, 3.63) is 60.0 Å². The van der Waals surface area contributed by atoms with Crippen LogP contribution < -0.4 is 5.32 Å². The van der Waals surface area contributed by atoms with E-state index in [1.54, 1.807) is 24.3 Å². The molecule has 1 aliphatic heterocycles. The molecule has 0 spiro atoms. The molecule has 0 unspecified atom stereocenters. The second-order valence-electron chi connectivity index (χ2n) is 8.43. The minimum absolute atomic E-state index is 0.158. The first-order chi connectivity index (χ1) is 18.0. The van der Waals surface area contributed by atoms with Crippen molar-refractivity contribution in [3.8, 4) is 22.6 Å². The Balaban J connectivity index is 1.23. The van der Waals surface area contributed by atoms with E-state index >= 15 is 0 Å². The third kappa shape index (κ3) is 5.61. The molecule has 0 atom stereocenters. The molecular weight excluding hydrogens is 529 g/mol. The summed E-state index contributed by atoms with van der Waals surface area (Å²) in [5.41, 5.74) is 2.59. The van der Waals surface area contributed by atoms with Gasteiger partial charge in [-0.15, -0.1) is 21.5 Å². The third-order valence-electron chi connectivity index (χ3n) is 6.00. The highest BCUT2D eigenvalue weighted by molar-refractivity contribution is 7.99. The average molecular weight is 555 g/mol. The third-order valence-corrected chi connectivity index (χ3v) is 9.64. The maximum absolute atomic E-state index is 12.8. The minimum atomic E-state index is -3.47. The van der Waals surface area contributed by atoms with Crippen molar-refractivity contribution in [3.63, 3.8) is 0 Å². The molecule has 1 fully saturated rings. The van der Waals surface area contributed by atoms with E-state index < -0.39 is 10.0 Å². The maximum atomic E-state index is 12.8. The molecule has 0 aliphatic carbocycles. The Morgan fingerprint density at radius 1 is 1.03 bits per heavy atom. The van der Waals surface area contributed by atoms with Gasteiger partial charge in [-0.05, 0) is 44.0 Å². The zero-order chi connectivity index (χ0) is 25.8. The van der Waals surface area contributed by atoms with Gasteiger partial charge in [-0.25, -0.2) is 13.4 Å². The van der Waals surface area contributed by atoms with Crippen LogP contribution in [0, 0.1) is 0 Å². The summed E-state index contributed by atoms with van der Waals surface area (Å²) in [6.45, 7) is 3.72. The highest BCUT2D eigenvalue weighted by Gasteiger charge is 2.27. The molecule has 5 rings (SSSR count). The largest absolute Gasteiger partial charge is 0.302 e. The molecule has 0 saturated carbocycles. The summed E-state index contributed by atoms with van der Waals surface area (Å²) in [7, 11) is -3.47. The molecule has 1 saturated heterocycles. The van der Waals surface area contributed by atoms with Gasteiger partial charge in [0.15, 0.2) is 16.1 Å². The van der Waals surface area contributed by atoms with Crippen LogP contribution in [0.1, 0.15) is 19.8 Å². The predicted molar refractivity (Wildman–Crippen MR) is 146 cm³/mol. The summed E-state index contributed by atoms with van der Waals surface area (Å²) < 4.78 is 29.1. The molecule has 3 heterocycles. The lowest BCUT2D eigenvalue weighted by Crippen LogP contribution is -2.27. The van der Waals surface area contributed by atoms with E-state index in [1.165, 1.54) is 27.4 Å². The Hall–Kier alpha value is -3.06. The first-order valence-electron chi connectivity index (χ1n) is 11.9. The van der Waals surface area contributed by atoms with Gasteiger partial charge in [-0.1, -0.05) is 42.1 Å². The number of rotatable bonds is 9. The van der Waals surface area contributed by atoms with E-state index in [0.717, 1.165) is 29.7 Å². The van der Waals surface area contributed by atoms with Gasteiger partial charge in [-0.3, -0.25) is 4.79 Å². The molecule has 37 heavy (non-hydrogen) atoms. The number of sulfonamides is 1. The number of aromatic nitrogens is 4. The summed E-state index contributed by atoms with van der Waals surface area (Å²) in [6, 6.07) is 16.6. The number of anilines is 1. The molecule has 0 bridgehead atoms. The van der Waals surface area contributed by atoms with E-state index in [1.807, 2.05) is 47.2 Å². The second-order valence-corrected chi connectivity index (χ2v) is 12.2. The SMILES string of the molecule is CCn1c(SCC(=O)Nc2nc(-c3ccccc3)cs2)nnc1-c1ccc(S(=O)(=O)N2CCCC2)cc1. The fraction of sp³-hybridized carbons (Fsp3) is 0.280. The Kier molecular flexibility index (Phi) is 7.70. The summed E-state index contributed by atoms with van der Waals surface area (Å²) in [6.07, 6.45) is 1.79. The lowest BCUT2D eigenvalue weighted by atomic mass is 10.2. The van der Waals surface area contributed by atoms with Crippen LogP contribution in [0.15, 0.2) is 70.0 Å². The van der Waals surface area contributed by atoms with Crippen LogP contribution in [0.25, 0.3) is 22.6 Å². The number of amides is 1. The Bertz CT molecular complexity index is 1480. The lowest BCUT2D eigenvalue weighted by Gasteiger charge is -2.15. The molecule has 12 heteroatoms. The smallest absolute Gasteiger partial charge is 0.243 e. The second kappa shape index (κ2) is 11.1. The topological polar surface area (TPSA) is 110 Å². The zero-order valence-electron chi connectivity index (χ0n) is 20.2. The zero-order valence-corrected chi connectivity index (χ0v) is 22.7. The van der Waals surface area contributed by atoms with Gasteiger partial charge >= 0.3 is 0 Å². The number of hydrogen-bond donors (Lipinski definition) is 1.